The summed E-state index contributed by atoms with van der Waals surface area (Å²) in [6.07, 6.45) is -5.31. The van der Waals surface area contributed by atoms with Crippen molar-refractivity contribution in [3.63, 3.8) is 0 Å². The molecule has 0 spiro atoms. The van der Waals surface area contributed by atoms with Gasteiger partial charge in [-0.25, -0.2) is 0 Å². The molecule has 1 amide bonds. The Morgan fingerprint density at radius 2 is 1.77 bits per heavy atom. The number of nitrogens with zero attached hydrogens (tertiary/aromatic N) is 3. The molecule has 1 rings (SSSR count). The van der Waals surface area contributed by atoms with Crippen LogP contribution in [0.15, 0.2) is 10.7 Å². The van der Waals surface area contributed by atoms with Crippen molar-refractivity contribution >= 4 is 21.8 Å². The standard InChI is InChI=1S/C10H9BrF7N3O/c1-20(4-6-5(11)3-19-21(6)2)7(22)8(12,13)9(14,15)10(16,17)18/h3H,4H2,1-2H3. The summed E-state index contributed by atoms with van der Waals surface area (Å²) >= 11 is 2.98. The van der Waals surface area contributed by atoms with E-state index in [4.69, 9.17) is 0 Å². The van der Waals surface area contributed by atoms with Gasteiger partial charge in [0.1, 0.15) is 0 Å². The van der Waals surface area contributed by atoms with Crippen LogP contribution in [0.1, 0.15) is 5.69 Å². The topological polar surface area (TPSA) is 38.1 Å². The van der Waals surface area contributed by atoms with Gasteiger partial charge in [-0.2, -0.15) is 35.8 Å². The SMILES string of the molecule is CN(Cc1c(Br)cnn1C)C(=O)C(F)(F)C(F)(F)C(F)(F)F. The number of aryl methyl sites for hydroxylation is 1. The van der Waals surface area contributed by atoms with E-state index in [9.17, 15) is 35.5 Å². The van der Waals surface area contributed by atoms with Crippen molar-refractivity contribution in [2.24, 2.45) is 7.05 Å². The zero-order valence-corrected chi connectivity index (χ0v) is 12.6. The molecule has 0 fully saturated rings. The lowest BCUT2D eigenvalue weighted by atomic mass is 10.1. The van der Waals surface area contributed by atoms with Crippen molar-refractivity contribution < 1.29 is 35.5 Å². The molecule has 0 atom stereocenters. The number of carbonyl (C=O) groups excluding carboxylic acids is 1. The third-order valence-corrected chi connectivity index (χ3v) is 3.43. The fourth-order valence-corrected chi connectivity index (χ4v) is 1.94. The van der Waals surface area contributed by atoms with Gasteiger partial charge in [-0.05, 0) is 15.9 Å². The zero-order chi connectivity index (χ0) is 17.5. The Hall–Kier alpha value is -1.33. The highest BCUT2D eigenvalue weighted by Crippen LogP contribution is 2.47. The number of carbonyl (C=O) groups is 1. The molecule has 126 valence electrons. The number of aromatic nitrogens is 2. The molecule has 0 aromatic carbocycles. The number of hydrogen-bond donors (Lipinski definition) is 0. The second kappa shape index (κ2) is 5.70. The van der Waals surface area contributed by atoms with Crippen molar-refractivity contribution in [1.29, 1.82) is 0 Å². The van der Waals surface area contributed by atoms with Crippen LogP contribution < -0.4 is 0 Å². The van der Waals surface area contributed by atoms with E-state index in [2.05, 4.69) is 21.0 Å². The van der Waals surface area contributed by atoms with Crippen LogP contribution in [0.25, 0.3) is 0 Å². The molecule has 0 aliphatic heterocycles. The first kappa shape index (κ1) is 18.7. The lowest BCUT2D eigenvalue weighted by Crippen LogP contribution is -2.59. The van der Waals surface area contributed by atoms with Gasteiger partial charge in [-0.3, -0.25) is 9.48 Å². The summed E-state index contributed by atoms with van der Waals surface area (Å²) in [6.45, 7) is -0.639. The highest BCUT2D eigenvalue weighted by atomic mass is 79.9. The average molecular weight is 400 g/mol. The first-order valence-electron chi connectivity index (χ1n) is 5.47. The van der Waals surface area contributed by atoms with Crippen LogP contribution in [0.3, 0.4) is 0 Å². The normalized spacial score (nSPS) is 13.4. The highest BCUT2D eigenvalue weighted by molar-refractivity contribution is 9.10. The minimum Gasteiger partial charge on any atom is -0.334 e. The molecular weight excluding hydrogens is 391 g/mol. The minimum absolute atomic E-state index is 0.0709. The van der Waals surface area contributed by atoms with E-state index in [-0.39, 0.29) is 15.1 Å². The fourth-order valence-electron chi connectivity index (χ4n) is 1.46. The lowest BCUT2D eigenvalue weighted by molar-refractivity contribution is -0.345. The van der Waals surface area contributed by atoms with Crippen molar-refractivity contribution in [2.45, 2.75) is 24.6 Å². The van der Waals surface area contributed by atoms with Crippen LogP contribution >= 0.6 is 15.9 Å². The molecule has 1 aromatic heterocycles. The maximum atomic E-state index is 13.3. The van der Waals surface area contributed by atoms with E-state index in [1.54, 1.807) is 0 Å². The van der Waals surface area contributed by atoms with Crippen LogP contribution in [0.5, 0.6) is 0 Å². The lowest BCUT2D eigenvalue weighted by Gasteiger charge is -2.30. The van der Waals surface area contributed by atoms with E-state index >= 15 is 0 Å². The molecule has 0 N–H and O–H groups in total. The molecule has 0 aliphatic rings. The van der Waals surface area contributed by atoms with Crippen LogP contribution in [-0.2, 0) is 18.4 Å². The van der Waals surface area contributed by atoms with Crippen molar-refractivity contribution in [3.05, 3.63) is 16.4 Å². The Labute approximate surface area is 128 Å². The molecule has 0 unspecified atom stereocenters. The number of halogens is 8. The Morgan fingerprint density at radius 3 is 2.14 bits per heavy atom. The number of hydrogen-bond acceptors (Lipinski definition) is 2. The van der Waals surface area contributed by atoms with Gasteiger partial charge in [-0.1, -0.05) is 0 Å². The first-order chi connectivity index (χ1) is 9.73. The maximum Gasteiger partial charge on any atom is 0.460 e. The average Bonchev–Trinajstić information content (AvgIpc) is 2.67. The summed E-state index contributed by atoms with van der Waals surface area (Å²) in [4.78, 5) is 11.4. The monoisotopic (exact) mass is 399 g/mol. The van der Waals surface area contributed by atoms with Gasteiger partial charge < -0.3 is 4.90 Å². The Bertz CT molecular complexity index is 550. The third kappa shape index (κ3) is 3.06. The quantitative estimate of drug-likeness (QED) is 0.730. The summed E-state index contributed by atoms with van der Waals surface area (Å²) in [7, 11) is 2.06. The van der Waals surface area contributed by atoms with Crippen LogP contribution in [0.2, 0.25) is 0 Å². The smallest absolute Gasteiger partial charge is 0.334 e. The molecular formula is C10H9BrF7N3O. The van der Waals surface area contributed by atoms with E-state index < -0.39 is 30.5 Å². The molecule has 0 radical (unpaired) electrons. The van der Waals surface area contributed by atoms with E-state index in [0.29, 0.717) is 7.05 Å². The molecule has 0 aliphatic carbocycles. The van der Waals surface area contributed by atoms with E-state index in [1.165, 1.54) is 13.2 Å². The summed E-state index contributed by atoms with van der Waals surface area (Å²) in [5, 5.41) is 3.69. The van der Waals surface area contributed by atoms with Gasteiger partial charge in [0.25, 0.3) is 5.91 Å². The Morgan fingerprint density at radius 1 is 1.27 bits per heavy atom. The summed E-state index contributed by atoms with van der Waals surface area (Å²) in [5.74, 6) is -15.1. The predicted molar refractivity (Wildman–Crippen MR) is 63.3 cm³/mol. The zero-order valence-electron chi connectivity index (χ0n) is 11.1. The highest BCUT2D eigenvalue weighted by Gasteiger charge is 2.76. The summed E-state index contributed by atoms with van der Waals surface area (Å²) in [5.41, 5.74) is 0.141. The Balaban J connectivity index is 3.04. The maximum absolute atomic E-state index is 13.3. The van der Waals surface area contributed by atoms with Crippen LogP contribution in [0, 0.1) is 0 Å². The minimum atomic E-state index is -6.56. The van der Waals surface area contributed by atoms with E-state index in [1.807, 2.05) is 0 Å². The van der Waals surface area contributed by atoms with Gasteiger partial charge in [0.15, 0.2) is 0 Å². The Kier molecular flexibility index (Phi) is 4.85. The molecule has 12 heteroatoms. The van der Waals surface area contributed by atoms with Crippen LogP contribution in [-0.4, -0.2) is 45.7 Å². The molecule has 1 heterocycles. The summed E-state index contributed by atoms with van der Waals surface area (Å²) < 4.78 is 89.7. The molecule has 0 saturated heterocycles. The number of alkyl halides is 7. The van der Waals surface area contributed by atoms with Crippen molar-refractivity contribution in [3.8, 4) is 0 Å². The fraction of sp³-hybridized carbons (Fsp3) is 0.600. The second-order valence-electron chi connectivity index (χ2n) is 4.37. The number of amides is 1. The first-order valence-corrected chi connectivity index (χ1v) is 6.27. The largest absolute Gasteiger partial charge is 0.460 e. The van der Waals surface area contributed by atoms with Crippen LogP contribution in [0.4, 0.5) is 30.7 Å². The number of rotatable bonds is 4. The third-order valence-electron chi connectivity index (χ3n) is 2.76. The molecule has 1 aromatic rings. The summed E-state index contributed by atoms with van der Waals surface area (Å²) in [6, 6.07) is 0. The van der Waals surface area contributed by atoms with Crippen molar-refractivity contribution in [1.82, 2.24) is 14.7 Å². The van der Waals surface area contributed by atoms with Gasteiger partial charge in [0, 0.05) is 14.1 Å². The van der Waals surface area contributed by atoms with Crippen molar-refractivity contribution in [2.75, 3.05) is 7.05 Å². The molecule has 22 heavy (non-hydrogen) atoms. The van der Waals surface area contributed by atoms with Gasteiger partial charge in [0.05, 0.1) is 22.9 Å². The second-order valence-corrected chi connectivity index (χ2v) is 5.22. The van der Waals surface area contributed by atoms with Gasteiger partial charge in [-0.15, -0.1) is 0 Å². The molecule has 0 saturated carbocycles. The van der Waals surface area contributed by atoms with Gasteiger partial charge >= 0.3 is 18.0 Å². The molecule has 4 nitrogen and oxygen atoms in total. The predicted octanol–water partition coefficient (Wildman–Crippen LogP) is 2.97. The van der Waals surface area contributed by atoms with Gasteiger partial charge in [0.2, 0.25) is 0 Å². The molecule has 0 bridgehead atoms. The van der Waals surface area contributed by atoms with E-state index in [0.717, 1.165) is 4.68 Å².